The molecule has 1 unspecified atom stereocenters. The van der Waals surface area contributed by atoms with Crippen molar-refractivity contribution < 1.29 is 0 Å². The number of rotatable bonds is 6. The van der Waals surface area contributed by atoms with E-state index in [1.807, 2.05) is 0 Å². The first-order chi connectivity index (χ1) is 10.1. The first kappa shape index (κ1) is 16.5. The van der Waals surface area contributed by atoms with Crippen molar-refractivity contribution in [3.8, 4) is 0 Å². The highest BCUT2D eigenvalue weighted by atomic mass is 15.3. The summed E-state index contributed by atoms with van der Waals surface area (Å²) in [6, 6.07) is 11.6. The van der Waals surface area contributed by atoms with E-state index in [4.69, 9.17) is 0 Å². The van der Waals surface area contributed by atoms with Crippen molar-refractivity contribution in [1.82, 2.24) is 10.2 Å². The molecule has 1 saturated heterocycles. The van der Waals surface area contributed by atoms with Crippen LogP contribution in [0.15, 0.2) is 30.3 Å². The Bertz CT molecular complexity index is 409. The van der Waals surface area contributed by atoms with Crippen molar-refractivity contribution in [2.45, 2.75) is 58.5 Å². The lowest BCUT2D eigenvalue weighted by Crippen LogP contribution is -2.64. The summed E-state index contributed by atoms with van der Waals surface area (Å²) in [4.78, 5) is 2.74. The molecule has 0 saturated carbocycles. The minimum atomic E-state index is 0.322. The predicted octanol–water partition coefficient (Wildman–Crippen LogP) is 3.72. The molecule has 1 heterocycles. The molecule has 1 aliphatic heterocycles. The van der Waals surface area contributed by atoms with E-state index in [1.54, 1.807) is 0 Å². The maximum atomic E-state index is 3.86. The lowest BCUT2D eigenvalue weighted by atomic mass is 9.87. The minimum absolute atomic E-state index is 0.322. The molecule has 1 atom stereocenters. The van der Waals surface area contributed by atoms with Crippen molar-refractivity contribution in [3.05, 3.63) is 35.9 Å². The molecule has 2 rings (SSSR count). The monoisotopic (exact) mass is 288 g/mol. The van der Waals surface area contributed by atoms with Crippen LogP contribution in [0.2, 0.25) is 0 Å². The van der Waals surface area contributed by atoms with Gasteiger partial charge in [-0.15, -0.1) is 0 Å². The Morgan fingerprint density at radius 3 is 2.43 bits per heavy atom. The highest BCUT2D eigenvalue weighted by Crippen LogP contribution is 2.25. The lowest BCUT2D eigenvalue weighted by molar-refractivity contribution is 0.0630. The Hall–Kier alpha value is -0.860. The van der Waals surface area contributed by atoms with E-state index in [1.165, 1.54) is 31.5 Å². The van der Waals surface area contributed by atoms with Crippen LogP contribution < -0.4 is 5.32 Å². The number of hydrogen-bond donors (Lipinski definition) is 1. The molecule has 0 amide bonds. The Morgan fingerprint density at radius 1 is 1.19 bits per heavy atom. The molecule has 118 valence electrons. The number of benzene rings is 1. The lowest BCUT2D eigenvalue weighted by Gasteiger charge is -2.48. The van der Waals surface area contributed by atoms with Crippen LogP contribution in [0.4, 0.5) is 0 Å². The Morgan fingerprint density at radius 2 is 1.86 bits per heavy atom. The van der Waals surface area contributed by atoms with Crippen molar-refractivity contribution in [1.29, 1.82) is 0 Å². The van der Waals surface area contributed by atoms with Gasteiger partial charge in [0.1, 0.15) is 0 Å². The fourth-order valence-corrected chi connectivity index (χ4v) is 3.53. The van der Waals surface area contributed by atoms with Gasteiger partial charge in [-0.05, 0) is 30.7 Å². The van der Waals surface area contributed by atoms with Gasteiger partial charge < -0.3 is 5.32 Å². The quantitative estimate of drug-likeness (QED) is 0.858. The summed E-state index contributed by atoms with van der Waals surface area (Å²) in [5.74, 6) is 0.729. The van der Waals surface area contributed by atoms with Gasteiger partial charge in [0.2, 0.25) is 0 Å². The number of piperazine rings is 1. The highest BCUT2D eigenvalue weighted by molar-refractivity contribution is 5.16. The average molecular weight is 288 g/mol. The van der Waals surface area contributed by atoms with Crippen molar-refractivity contribution >= 4 is 0 Å². The van der Waals surface area contributed by atoms with Crippen LogP contribution in [0.25, 0.3) is 0 Å². The van der Waals surface area contributed by atoms with Gasteiger partial charge in [-0.2, -0.15) is 0 Å². The zero-order chi connectivity index (χ0) is 15.3. The molecule has 1 aromatic carbocycles. The molecule has 1 fully saturated rings. The van der Waals surface area contributed by atoms with Crippen molar-refractivity contribution in [3.63, 3.8) is 0 Å². The Kier molecular flexibility index (Phi) is 5.83. The Balaban J connectivity index is 2.09. The van der Waals surface area contributed by atoms with Crippen LogP contribution in [-0.2, 0) is 6.42 Å². The molecular formula is C19H32N2. The third-order valence-corrected chi connectivity index (χ3v) is 5.00. The molecule has 21 heavy (non-hydrogen) atoms. The van der Waals surface area contributed by atoms with Gasteiger partial charge >= 0.3 is 0 Å². The zero-order valence-electron chi connectivity index (χ0n) is 14.2. The summed E-state index contributed by atoms with van der Waals surface area (Å²) in [6.45, 7) is 12.8. The molecule has 0 bridgehead atoms. The predicted molar refractivity (Wildman–Crippen MR) is 91.7 cm³/mol. The van der Waals surface area contributed by atoms with Gasteiger partial charge in [-0.25, -0.2) is 0 Å². The third kappa shape index (κ3) is 4.31. The summed E-state index contributed by atoms with van der Waals surface area (Å²) in [5.41, 5.74) is 1.78. The minimum Gasteiger partial charge on any atom is -0.308 e. The summed E-state index contributed by atoms with van der Waals surface area (Å²) in [5, 5.41) is 3.86. The second kappa shape index (κ2) is 7.42. The summed E-state index contributed by atoms with van der Waals surface area (Å²) in [7, 11) is 0. The number of nitrogens with one attached hydrogen (secondary N) is 1. The fraction of sp³-hybridized carbons (Fsp3) is 0.684. The first-order valence-electron chi connectivity index (χ1n) is 8.61. The van der Waals surface area contributed by atoms with E-state index in [0.29, 0.717) is 11.6 Å². The van der Waals surface area contributed by atoms with Crippen LogP contribution in [0.1, 0.15) is 46.1 Å². The Labute approximate surface area is 130 Å². The van der Waals surface area contributed by atoms with Gasteiger partial charge in [0.15, 0.2) is 0 Å². The van der Waals surface area contributed by atoms with Crippen LogP contribution in [0.3, 0.4) is 0 Å². The van der Waals surface area contributed by atoms with Crippen molar-refractivity contribution in [2.75, 3.05) is 19.6 Å². The molecule has 1 N–H and O–H groups in total. The third-order valence-electron chi connectivity index (χ3n) is 5.00. The SMILES string of the molecule is CCC1(CC)CN(CC(C)C)C(Cc2ccccc2)CN1. The topological polar surface area (TPSA) is 15.3 Å². The normalized spacial score (nSPS) is 22.6. The molecule has 0 spiro atoms. The molecular weight excluding hydrogens is 256 g/mol. The fourth-order valence-electron chi connectivity index (χ4n) is 3.53. The van der Waals surface area contributed by atoms with E-state index in [9.17, 15) is 0 Å². The largest absolute Gasteiger partial charge is 0.308 e. The van der Waals surface area contributed by atoms with Gasteiger partial charge in [0.25, 0.3) is 0 Å². The maximum Gasteiger partial charge on any atom is 0.0304 e. The summed E-state index contributed by atoms with van der Waals surface area (Å²) >= 11 is 0. The van der Waals surface area contributed by atoms with E-state index < -0.39 is 0 Å². The van der Waals surface area contributed by atoms with Gasteiger partial charge in [-0.1, -0.05) is 58.0 Å². The van der Waals surface area contributed by atoms with Crippen molar-refractivity contribution in [2.24, 2.45) is 5.92 Å². The van der Waals surface area contributed by atoms with E-state index in [-0.39, 0.29) is 0 Å². The standard InChI is InChI=1S/C19H32N2/c1-5-19(6-2)15-21(14-16(3)4)18(13-20-19)12-17-10-8-7-9-11-17/h7-11,16,18,20H,5-6,12-15H2,1-4H3. The van der Waals surface area contributed by atoms with Gasteiger partial charge in [0.05, 0.1) is 0 Å². The average Bonchev–Trinajstić information content (AvgIpc) is 2.50. The van der Waals surface area contributed by atoms with Crippen LogP contribution in [0, 0.1) is 5.92 Å². The van der Waals surface area contributed by atoms with Crippen LogP contribution in [0.5, 0.6) is 0 Å². The van der Waals surface area contributed by atoms with E-state index >= 15 is 0 Å². The van der Waals surface area contributed by atoms with Crippen LogP contribution >= 0.6 is 0 Å². The zero-order valence-corrected chi connectivity index (χ0v) is 14.2. The second-order valence-electron chi connectivity index (χ2n) is 7.04. The van der Waals surface area contributed by atoms with Gasteiger partial charge in [-0.3, -0.25) is 4.90 Å². The number of hydrogen-bond acceptors (Lipinski definition) is 2. The van der Waals surface area contributed by atoms with Gasteiger partial charge in [0, 0.05) is 31.2 Å². The molecule has 0 aliphatic carbocycles. The smallest absolute Gasteiger partial charge is 0.0304 e. The van der Waals surface area contributed by atoms with Crippen LogP contribution in [-0.4, -0.2) is 36.1 Å². The number of nitrogens with zero attached hydrogens (tertiary/aromatic N) is 1. The molecule has 0 radical (unpaired) electrons. The first-order valence-corrected chi connectivity index (χ1v) is 8.61. The summed E-state index contributed by atoms with van der Waals surface area (Å²) in [6.07, 6.45) is 3.59. The molecule has 2 heteroatoms. The van der Waals surface area contributed by atoms with E-state index in [2.05, 4.69) is 68.2 Å². The molecule has 0 aromatic heterocycles. The molecule has 2 nitrogen and oxygen atoms in total. The second-order valence-corrected chi connectivity index (χ2v) is 7.04. The van der Waals surface area contributed by atoms with E-state index in [0.717, 1.165) is 18.9 Å². The molecule has 1 aliphatic rings. The molecule has 1 aromatic rings. The highest BCUT2D eigenvalue weighted by Gasteiger charge is 2.36. The summed E-state index contributed by atoms with van der Waals surface area (Å²) < 4.78 is 0. The maximum absolute atomic E-state index is 3.86.